The fourth-order valence-corrected chi connectivity index (χ4v) is 3.11. The SMILES string of the molecule is Cc1cc2c(N3CCNCC3)ccc(C(=O)Nc3cn[nH]c3)c2o1. The Balaban J connectivity index is 1.73. The van der Waals surface area contributed by atoms with Gasteiger partial charge in [0.1, 0.15) is 11.3 Å². The Morgan fingerprint density at radius 2 is 2.17 bits per heavy atom. The lowest BCUT2D eigenvalue weighted by molar-refractivity contribution is 0.102. The van der Waals surface area contributed by atoms with E-state index in [0.717, 1.165) is 43.0 Å². The van der Waals surface area contributed by atoms with Crippen LogP contribution in [0.1, 0.15) is 16.1 Å². The van der Waals surface area contributed by atoms with Crippen LogP contribution >= 0.6 is 0 Å². The third-order valence-electron chi connectivity index (χ3n) is 4.24. The van der Waals surface area contributed by atoms with Gasteiger partial charge >= 0.3 is 0 Å². The number of aryl methyl sites for hydroxylation is 1. The first-order chi connectivity index (χ1) is 11.7. The number of rotatable bonds is 3. The highest BCUT2D eigenvalue weighted by Gasteiger charge is 2.20. The van der Waals surface area contributed by atoms with E-state index >= 15 is 0 Å². The van der Waals surface area contributed by atoms with Crippen LogP contribution in [0.4, 0.5) is 11.4 Å². The molecule has 1 saturated heterocycles. The van der Waals surface area contributed by atoms with E-state index in [2.05, 4.69) is 25.7 Å². The zero-order valence-electron chi connectivity index (χ0n) is 13.4. The molecule has 0 spiro atoms. The van der Waals surface area contributed by atoms with E-state index in [9.17, 15) is 4.79 Å². The van der Waals surface area contributed by atoms with E-state index in [4.69, 9.17) is 4.42 Å². The number of benzene rings is 1. The highest BCUT2D eigenvalue weighted by atomic mass is 16.3. The third-order valence-corrected chi connectivity index (χ3v) is 4.24. The molecule has 2 aromatic heterocycles. The van der Waals surface area contributed by atoms with Crippen molar-refractivity contribution in [2.75, 3.05) is 36.4 Å². The molecule has 3 N–H and O–H groups in total. The Kier molecular flexibility index (Phi) is 3.70. The van der Waals surface area contributed by atoms with Crippen LogP contribution in [0.2, 0.25) is 0 Å². The van der Waals surface area contributed by atoms with Gasteiger partial charge in [-0.15, -0.1) is 0 Å². The number of carbonyl (C=O) groups is 1. The first kappa shape index (κ1) is 14.8. The minimum absolute atomic E-state index is 0.206. The molecule has 1 aliphatic heterocycles. The van der Waals surface area contributed by atoms with Crippen molar-refractivity contribution < 1.29 is 9.21 Å². The minimum Gasteiger partial charge on any atom is -0.460 e. The number of nitrogens with zero attached hydrogens (tertiary/aromatic N) is 2. The first-order valence-electron chi connectivity index (χ1n) is 8.01. The molecular formula is C17H19N5O2. The van der Waals surface area contributed by atoms with Gasteiger partial charge in [0.15, 0.2) is 0 Å². The number of H-pyrrole nitrogens is 1. The molecule has 4 rings (SSSR count). The van der Waals surface area contributed by atoms with Crippen molar-refractivity contribution in [3.63, 3.8) is 0 Å². The molecule has 7 heteroatoms. The van der Waals surface area contributed by atoms with Crippen molar-refractivity contribution in [2.45, 2.75) is 6.92 Å². The van der Waals surface area contributed by atoms with E-state index < -0.39 is 0 Å². The fraction of sp³-hybridized carbons (Fsp3) is 0.294. The van der Waals surface area contributed by atoms with Crippen molar-refractivity contribution in [2.24, 2.45) is 0 Å². The molecule has 3 aromatic rings. The van der Waals surface area contributed by atoms with Gasteiger partial charge in [-0.25, -0.2) is 0 Å². The van der Waals surface area contributed by atoms with Crippen LogP contribution in [0, 0.1) is 6.92 Å². The van der Waals surface area contributed by atoms with Crippen LogP contribution in [0.5, 0.6) is 0 Å². The number of aromatic amines is 1. The Bertz CT molecular complexity index is 863. The van der Waals surface area contributed by atoms with Crippen LogP contribution in [-0.2, 0) is 0 Å². The Labute approximate surface area is 139 Å². The van der Waals surface area contributed by atoms with Crippen LogP contribution in [0.25, 0.3) is 11.0 Å². The molecular weight excluding hydrogens is 306 g/mol. The van der Waals surface area contributed by atoms with Gasteiger partial charge < -0.3 is 20.0 Å². The van der Waals surface area contributed by atoms with Crippen molar-refractivity contribution in [3.8, 4) is 0 Å². The maximum atomic E-state index is 12.6. The molecule has 1 aromatic carbocycles. The maximum Gasteiger partial charge on any atom is 0.259 e. The van der Waals surface area contributed by atoms with Gasteiger partial charge in [0.25, 0.3) is 5.91 Å². The van der Waals surface area contributed by atoms with Gasteiger partial charge in [0.2, 0.25) is 0 Å². The van der Waals surface area contributed by atoms with Gasteiger partial charge in [-0.05, 0) is 25.1 Å². The summed E-state index contributed by atoms with van der Waals surface area (Å²) >= 11 is 0. The number of furan rings is 1. The second-order valence-electron chi connectivity index (χ2n) is 5.91. The van der Waals surface area contributed by atoms with Crippen molar-refractivity contribution in [1.82, 2.24) is 15.5 Å². The van der Waals surface area contributed by atoms with E-state index in [0.29, 0.717) is 16.8 Å². The highest BCUT2D eigenvalue weighted by Crippen LogP contribution is 2.32. The number of hydrogen-bond donors (Lipinski definition) is 3. The molecule has 0 saturated carbocycles. The number of anilines is 2. The summed E-state index contributed by atoms with van der Waals surface area (Å²) in [5.41, 5.74) is 2.90. The lowest BCUT2D eigenvalue weighted by Crippen LogP contribution is -2.43. The normalized spacial score (nSPS) is 15.0. The molecule has 0 radical (unpaired) electrons. The van der Waals surface area contributed by atoms with E-state index in [1.165, 1.54) is 0 Å². The molecule has 24 heavy (non-hydrogen) atoms. The van der Waals surface area contributed by atoms with Gasteiger partial charge in [0, 0.05) is 43.4 Å². The summed E-state index contributed by atoms with van der Waals surface area (Å²) in [5, 5.41) is 13.7. The summed E-state index contributed by atoms with van der Waals surface area (Å²) in [5.74, 6) is 0.590. The van der Waals surface area contributed by atoms with E-state index in [1.807, 2.05) is 25.1 Å². The quantitative estimate of drug-likeness (QED) is 0.687. The van der Waals surface area contributed by atoms with Gasteiger partial charge in [-0.1, -0.05) is 0 Å². The molecule has 7 nitrogen and oxygen atoms in total. The smallest absolute Gasteiger partial charge is 0.259 e. The molecule has 0 unspecified atom stereocenters. The molecule has 3 heterocycles. The number of hydrogen-bond acceptors (Lipinski definition) is 5. The number of aromatic nitrogens is 2. The molecule has 1 amide bonds. The third kappa shape index (κ3) is 2.63. The summed E-state index contributed by atoms with van der Waals surface area (Å²) in [6.07, 6.45) is 3.20. The molecule has 124 valence electrons. The molecule has 1 aliphatic rings. The Hall–Kier alpha value is -2.80. The molecule has 0 aliphatic carbocycles. The van der Waals surface area contributed by atoms with E-state index in [-0.39, 0.29) is 5.91 Å². The predicted molar refractivity (Wildman–Crippen MR) is 92.6 cm³/mol. The average molecular weight is 325 g/mol. The molecule has 1 fully saturated rings. The second-order valence-corrected chi connectivity index (χ2v) is 5.91. The number of carbonyl (C=O) groups excluding carboxylic acids is 1. The van der Waals surface area contributed by atoms with Crippen LogP contribution in [-0.4, -0.2) is 42.3 Å². The lowest BCUT2D eigenvalue weighted by atomic mass is 10.1. The Morgan fingerprint density at radius 3 is 2.92 bits per heavy atom. The van der Waals surface area contributed by atoms with Crippen LogP contribution in [0.3, 0.4) is 0 Å². The zero-order valence-corrected chi connectivity index (χ0v) is 13.4. The van der Waals surface area contributed by atoms with Crippen molar-refractivity contribution in [3.05, 3.63) is 41.9 Å². The molecule has 0 bridgehead atoms. The first-order valence-corrected chi connectivity index (χ1v) is 8.01. The standard InChI is InChI=1S/C17H19N5O2/c1-11-8-14-15(22-6-4-18-5-7-22)3-2-13(16(14)24-11)17(23)21-12-9-19-20-10-12/h2-3,8-10,18H,4-7H2,1H3,(H,19,20)(H,21,23). The number of nitrogens with one attached hydrogen (secondary N) is 3. The largest absolute Gasteiger partial charge is 0.460 e. The summed E-state index contributed by atoms with van der Waals surface area (Å²) < 4.78 is 5.84. The number of fused-ring (bicyclic) bond motifs is 1. The molecule has 0 atom stereocenters. The van der Waals surface area contributed by atoms with Crippen LogP contribution < -0.4 is 15.5 Å². The van der Waals surface area contributed by atoms with Crippen molar-refractivity contribution in [1.29, 1.82) is 0 Å². The van der Waals surface area contributed by atoms with Gasteiger partial charge in [-0.3, -0.25) is 9.89 Å². The monoisotopic (exact) mass is 325 g/mol. The summed E-state index contributed by atoms with van der Waals surface area (Å²) in [6.45, 7) is 5.71. The van der Waals surface area contributed by atoms with Gasteiger partial charge in [0.05, 0.1) is 17.4 Å². The Morgan fingerprint density at radius 1 is 1.33 bits per heavy atom. The lowest BCUT2D eigenvalue weighted by Gasteiger charge is -2.30. The average Bonchev–Trinajstić information content (AvgIpc) is 3.23. The topological polar surface area (TPSA) is 86.2 Å². The summed E-state index contributed by atoms with van der Waals surface area (Å²) in [6, 6.07) is 5.84. The number of amides is 1. The maximum absolute atomic E-state index is 12.6. The number of piperazine rings is 1. The van der Waals surface area contributed by atoms with Crippen LogP contribution in [0.15, 0.2) is 35.0 Å². The highest BCUT2D eigenvalue weighted by molar-refractivity contribution is 6.13. The van der Waals surface area contributed by atoms with E-state index in [1.54, 1.807) is 12.4 Å². The zero-order chi connectivity index (χ0) is 16.5. The van der Waals surface area contributed by atoms with Crippen molar-refractivity contribution >= 4 is 28.3 Å². The fourth-order valence-electron chi connectivity index (χ4n) is 3.11. The predicted octanol–water partition coefficient (Wildman–Crippen LogP) is 2.13. The minimum atomic E-state index is -0.206. The summed E-state index contributed by atoms with van der Waals surface area (Å²) in [7, 11) is 0. The summed E-state index contributed by atoms with van der Waals surface area (Å²) in [4.78, 5) is 14.9. The second kappa shape index (κ2) is 6.01. The van der Waals surface area contributed by atoms with Gasteiger partial charge in [-0.2, -0.15) is 5.10 Å².